The average molecular weight is 408 g/mol. The van der Waals surface area contributed by atoms with Crippen molar-refractivity contribution in [2.75, 3.05) is 7.11 Å². The van der Waals surface area contributed by atoms with Crippen molar-refractivity contribution < 1.29 is 4.74 Å². The summed E-state index contributed by atoms with van der Waals surface area (Å²) in [5.41, 5.74) is 6.53. The van der Waals surface area contributed by atoms with E-state index in [1.807, 2.05) is 24.4 Å². The van der Waals surface area contributed by atoms with Gasteiger partial charge in [0, 0.05) is 23.7 Å². The van der Waals surface area contributed by atoms with Crippen LogP contribution >= 0.6 is 0 Å². The van der Waals surface area contributed by atoms with Crippen molar-refractivity contribution in [2.45, 2.75) is 78.1 Å². The van der Waals surface area contributed by atoms with Crippen LogP contribution in [0.15, 0.2) is 46.9 Å². The molecule has 3 heterocycles. The monoisotopic (exact) mass is 407 g/mol. The van der Waals surface area contributed by atoms with E-state index in [4.69, 9.17) is 9.73 Å². The zero-order valence-corrected chi connectivity index (χ0v) is 18.9. The van der Waals surface area contributed by atoms with Gasteiger partial charge in [-0.05, 0) is 49.6 Å². The molecule has 1 aliphatic rings. The molecule has 1 aliphatic heterocycles. The predicted molar refractivity (Wildman–Crippen MR) is 127 cm³/mol. The van der Waals surface area contributed by atoms with Crippen LogP contribution in [0, 0.1) is 6.92 Å². The fourth-order valence-corrected chi connectivity index (χ4v) is 4.05. The van der Waals surface area contributed by atoms with E-state index in [0.29, 0.717) is 0 Å². The highest BCUT2D eigenvalue weighted by atomic mass is 16.5. The molecule has 0 saturated heterocycles. The number of aromatic nitrogens is 2. The molecule has 0 atom stereocenters. The molecule has 0 aliphatic carbocycles. The van der Waals surface area contributed by atoms with Crippen molar-refractivity contribution in [3.63, 3.8) is 0 Å². The Morgan fingerprint density at radius 1 is 1.03 bits per heavy atom. The third-order valence-corrected chi connectivity index (χ3v) is 5.84. The third kappa shape index (κ3) is 6.25. The van der Waals surface area contributed by atoms with Gasteiger partial charge < -0.3 is 14.7 Å². The standard InChI is InChI=1S/C26H37N3O/c1-4-5-6-7-8-9-10-11-12-14-21-17-22(28-20(21)2)18-25-26(30-3)19-24(29-25)23-15-13-16-27-23/h13,15-19,27-28H,4-12,14H2,1-3H3/b25-18-. The largest absolute Gasteiger partial charge is 0.494 e. The van der Waals surface area contributed by atoms with Crippen molar-refractivity contribution in [2.24, 2.45) is 4.99 Å². The number of hydrogen-bond acceptors (Lipinski definition) is 2. The van der Waals surface area contributed by atoms with Gasteiger partial charge in [-0.2, -0.15) is 0 Å². The normalized spacial score (nSPS) is 15.0. The number of ether oxygens (including phenoxy) is 1. The highest BCUT2D eigenvalue weighted by molar-refractivity contribution is 6.11. The summed E-state index contributed by atoms with van der Waals surface area (Å²) in [6.45, 7) is 4.44. The van der Waals surface area contributed by atoms with Crippen molar-refractivity contribution >= 4 is 11.8 Å². The van der Waals surface area contributed by atoms with Gasteiger partial charge in [-0.15, -0.1) is 0 Å². The van der Waals surface area contributed by atoms with Gasteiger partial charge in [0.1, 0.15) is 11.5 Å². The quantitative estimate of drug-likeness (QED) is 0.342. The van der Waals surface area contributed by atoms with E-state index in [9.17, 15) is 0 Å². The molecule has 0 radical (unpaired) electrons. The minimum atomic E-state index is 0.798. The zero-order chi connectivity index (χ0) is 21.2. The molecule has 0 aromatic carbocycles. The number of unbranched alkanes of at least 4 members (excludes halogenated alkanes) is 8. The van der Waals surface area contributed by atoms with Gasteiger partial charge in [-0.3, -0.25) is 0 Å². The van der Waals surface area contributed by atoms with Crippen molar-refractivity contribution in [3.8, 4) is 0 Å². The number of allylic oxidation sites excluding steroid dienone is 1. The maximum absolute atomic E-state index is 5.54. The number of rotatable bonds is 13. The van der Waals surface area contributed by atoms with E-state index in [0.717, 1.165) is 35.0 Å². The molecule has 4 heteroatoms. The predicted octanol–water partition coefficient (Wildman–Crippen LogP) is 7.10. The fraction of sp³-hybridized carbons (Fsp3) is 0.500. The minimum Gasteiger partial charge on any atom is -0.494 e. The van der Waals surface area contributed by atoms with Gasteiger partial charge in [-0.1, -0.05) is 58.3 Å². The van der Waals surface area contributed by atoms with Crippen LogP contribution < -0.4 is 0 Å². The Bertz CT molecular complexity index is 868. The Labute approximate surface area is 181 Å². The first kappa shape index (κ1) is 22.2. The summed E-state index contributed by atoms with van der Waals surface area (Å²) in [7, 11) is 1.70. The first-order chi connectivity index (χ1) is 14.7. The number of hydrogen-bond donors (Lipinski definition) is 2. The molecule has 0 saturated carbocycles. The molecule has 0 spiro atoms. The Morgan fingerprint density at radius 3 is 2.43 bits per heavy atom. The molecule has 2 N–H and O–H groups in total. The summed E-state index contributed by atoms with van der Waals surface area (Å²) < 4.78 is 5.54. The van der Waals surface area contributed by atoms with Gasteiger partial charge in [0.15, 0.2) is 0 Å². The lowest BCUT2D eigenvalue weighted by molar-refractivity contribution is 0.303. The lowest BCUT2D eigenvalue weighted by Gasteiger charge is -2.02. The van der Waals surface area contributed by atoms with Crippen LogP contribution in [0.4, 0.5) is 0 Å². The van der Waals surface area contributed by atoms with Crippen LogP contribution in [0.2, 0.25) is 0 Å². The molecule has 0 amide bonds. The molecule has 162 valence electrons. The smallest absolute Gasteiger partial charge is 0.146 e. The second-order valence-corrected chi connectivity index (χ2v) is 8.28. The Morgan fingerprint density at radius 2 is 1.77 bits per heavy atom. The van der Waals surface area contributed by atoms with Crippen LogP contribution in [0.3, 0.4) is 0 Å². The number of aromatic amines is 2. The highest BCUT2D eigenvalue weighted by Crippen LogP contribution is 2.25. The van der Waals surface area contributed by atoms with Gasteiger partial charge >= 0.3 is 0 Å². The first-order valence-corrected chi connectivity index (χ1v) is 11.6. The molecule has 0 unspecified atom stereocenters. The molecule has 0 bridgehead atoms. The second kappa shape index (κ2) is 11.6. The number of methoxy groups -OCH3 is 1. The van der Waals surface area contributed by atoms with Gasteiger partial charge in [-0.25, -0.2) is 4.99 Å². The molecule has 2 aromatic heterocycles. The summed E-state index contributed by atoms with van der Waals surface area (Å²) in [4.78, 5) is 11.5. The lowest BCUT2D eigenvalue weighted by atomic mass is 10.0. The van der Waals surface area contributed by atoms with E-state index < -0.39 is 0 Å². The Hall–Kier alpha value is -2.49. The molecule has 4 nitrogen and oxygen atoms in total. The minimum absolute atomic E-state index is 0.798. The fourth-order valence-electron chi connectivity index (χ4n) is 4.05. The first-order valence-electron chi connectivity index (χ1n) is 11.6. The van der Waals surface area contributed by atoms with E-state index in [1.165, 1.54) is 69.0 Å². The van der Waals surface area contributed by atoms with Gasteiger partial charge in [0.25, 0.3) is 0 Å². The van der Waals surface area contributed by atoms with Crippen LogP contribution in [0.5, 0.6) is 0 Å². The highest BCUT2D eigenvalue weighted by Gasteiger charge is 2.17. The van der Waals surface area contributed by atoms with E-state index in [-0.39, 0.29) is 0 Å². The lowest BCUT2D eigenvalue weighted by Crippen LogP contribution is -1.93. The van der Waals surface area contributed by atoms with Crippen molar-refractivity contribution in [1.29, 1.82) is 0 Å². The molecule has 0 fully saturated rings. The van der Waals surface area contributed by atoms with Gasteiger partial charge in [0.2, 0.25) is 0 Å². The van der Waals surface area contributed by atoms with Crippen molar-refractivity contribution in [3.05, 3.63) is 64.6 Å². The van der Waals surface area contributed by atoms with Crippen LogP contribution in [-0.2, 0) is 11.2 Å². The van der Waals surface area contributed by atoms with Crippen molar-refractivity contribution in [1.82, 2.24) is 9.97 Å². The Kier molecular flexibility index (Phi) is 8.61. The summed E-state index contributed by atoms with van der Waals surface area (Å²) in [5.74, 6) is 0.798. The maximum Gasteiger partial charge on any atom is 0.146 e. The second-order valence-electron chi connectivity index (χ2n) is 8.28. The molecule has 2 aromatic rings. The van der Waals surface area contributed by atoms with Crippen LogP contribution in [0.1, 0.15) is 87.4 Å². The molecule has 3 rings (SSSR count). The molecular weight excluding hydrogens is 370 g/mol. The SMILES string of the molecule is CCCCCCCCCCCc1cc(/C=C2\N=C(c3ccc[nH]3)C=C2OC)[nH]c1C. The number of H-pyrrole nitrogens is 2. The van der Waals surface area contributed by atoms with E-state index >= 15 is 0 Å². The van der Waals surface area contributed by atoms with E-state index in [1.54, 1.807) is 7.11 Å². The molecular formula is C26H37N3O. The summed E-state index contributed by atoms with van der Waals surface area (Å²) in [6.07, 6.45) is 19.4. The summed E-state index contributed by atoms with van der Waals surface area (Å²) >= 11 is 0. The topological polar surface area (TPSA) is 53.2 Å². The number of nitrogens with one attached hydrogen (secondary N) is 2. The van der Waals surface area contributed by atoms with Crippen LogP contribution in [-0.4, -0.2) is 22.8 Å². The summed E-state index contributed by atoms with van der Waals surface area (Å²) in [5, 5.41) is 0. The maximum atomic E-state index is 5.54. The number of aliphatic imine (C=N–C) groups is 1. The zero-order valence-electron chi connectivity index (χ0n) is 18.9. The summed E-state index contributed by atoms with van der Waals surface area (Å²) in [6, 6.07) is 6.27. The Balaban J connectivity index is 1.50. The third-order valence-electron chi connectivity index (χ3n) is 5.84. The number of aryl methyl sites for hydroxylation is 2. The average Bonchev–Trinajstić information content (AvgIpc) is 3.47. The van der Waals surface area contributed by atoms with Gasteiger partial charge in [0.05, 0.1) is 18.5 Å². The number of nitrogens with zero attached hydrogens (tertiary/aromatic N) is 1. The molecule has 30 heavy (non-hydrogen) atoms. The van der Waals surface area contributed by atoms with Crippen LogP contribution in [0.25, 0.3) is 6.08 Å². The van der Waals surface area contributed by atoms with E-state index in [2.05, 4.69) is 36.0 Å².